The van der Waals surface area contributed by atoms with Crippen LogP contribution in [-0.2, 0) is 4.79 Å². The maximum absolute atomic E-state index is 13.0. The minimum Gasteiger partial charge on any atom is -0.324 e. The number of benzene rings is 3. The van der Waals surface area contributed by atoms with Crippen LogP contribution in [0.2, 0.25) is 5.02 Å². The third-order valence-electron chi connectivity index (χ3n) is 4.32. The van der Waals surface area contributed by atoms with E-state index in [1.165, 1.54) is 0 Å². The lowest BCUT2D eigenvalue weighted by molar-refractivity contribution is -0.118. The number of hydrazine groups is 1. The van der Waals surface area contributed by atoms with Gasteiger partial charge in [0.15, 0.2) is 0 Å². The zero-order chi connectivity index (χ0) is 20.8. The second-order valence-electron chi connectivity index (χ2n) is 6.81. The molecule has 0 saturated carbocycles. The van der Waals surface area contributed by atoms with Crippen molar-refractivity contribution in [2.45, 2.75) is 19.9 Å². The lowest BCUT2D eigenvalue weighted by Gasteiger charge is -2.20. The van der Waals surface area contributed by atoms with Gasteiger partial charge in [0, 0.05) is 16.3 Å². The molecule has 0 aliphatic heterocycles. The van der Waals surface area contributed by atoms with Crippen LogP contribution in [0.3, 0.4) is 0 Å². The van der Waals surface area contributed by atoms with Crippen LogP contribution < -0.4 is 16.2 Å². The van der Waals surface area contributed by atoms with E-state index in [2.05, 4.69) is 16.2 Å². The molecular weight excluding hydrogens is 386 g/mol. The minimum atomic E-state index is -0.770. The summed E-state index contributed by atoms with van der Waals surface area (Å²) in [6, 6.07) is 20.8. The number of aryl methyl sites for hydroxylation is 2. The average Bonchev–Trinajstić information content (AvgIpc) is 2.68. The van der Waals surface area contributed by atoms with Crippen molar-refractivity contribution in [2.24, 2.45) is 0 Å². The van der Waals surface area contributed by atoms with Gasteiger partial charge in [0.25, 0.3) is 5.91 Å². The molecule has 1 atom stereocenters. The first-order valence-corrected chi connectivity index (χ1v) is 9.56. The van der Waals surface area contributed by atoms with Gasteiger partial charge in [-0.05, 0) is 66.9 Å². The molecule has 2 amide bonds. The number of carbonyl (C=O) groups is 2. The maximum atomic E-state index is 13.0. The van der Waals surface area contributed by atoms with Crippen molar-refractivity contribution in [2.75, 3.05) is 5.32 Å². The van der Waals surface area contributed by atoms with Crippen molar-refractivity contribution >= 4 is 29.1 Å². The van der Waals surface area contributed by atoms with E-state index in [-0.39, 0.29) is 11.8 Å². The number of halogens is 1. The first kappa shape index (κ1) is 20.6. The SMILES string of the molecule is Cc1cc(C)cc(NC(=O)C(NNC(=O)c2ccc(Cl)cc2)c2ccccc2)c1. The van der Waals surface area contributed by atoms with E-state index in [9.17, 15) is 9.59 Å². The largest absolute Gasteiger partial charge is 0.324 e. The van der Waals surface area contributed by atoms with E-state index >= 15 is 0 Å². The number of amides is 2. The van der Waals surface area contributed by atoms with Gasteiger partial charge in [-0.2, -0.15) is 0 Å². The molecular formula is C23H22ClN3O2. The lowest BCUT2D eigenvalue weighted by Crippen LogP contribution is -2.44. The van der Waals surface area contributed by atoms with E-state index in [4.69, 9.17) is 11.6 Å². The van der Waals surface area contributed by atoms with Crippen LogP contribution in [0.4, 0.5) is 5.69 Å². The molecule has 3 rings (SSSR count). The number of carbonyl (C=O) groups excluding carboxylic acids is 2. The van der Waals surface area contributed by atoms with Gasteiger partial charge < -0.3 is 5.32 Å². The zero-order valence-corrected chi connectivity index (χ0v) is 17.0. The van der Waals surface area contributed by atoms with Crippen molar-refractivity contribution in [3.05, 3.63) is 100 Å². The fraction of sp³-hybridized carbons (Fsp3) is 0.130. The minimum absolute atomic E-state index is 0.280. The highest BCUT2D eigenvalue weighted by molar-refractivity contribution is 6.30. The number of rotatable bonds is 6. The van der Waals surface area contributed by atoms with Crippen molar-refractivity contribution < 1.29 is 9.59 Å². The molecule has 0 aliphatic rings. The van der Waals surface area contributed by atoms with Gasteiger partial charge in [-0.15, -0.1) is 0 Å². The Balaban J connectivity index is 1.76. The summed E-state index contributed by atoms with van der Waals surface area (Å²) in [5.41, 5.74) is 9.45. The number of hydrogen-bond acceptors (Lipinski definition) is 3. The summed E-state index contributed by atoms with van der Waals surface area (Å²) in [6.07, 6.45) is 0. The maximum Gasteiger partial charge on any atom is 0.265 e. The van der Waals surface area contributed by atoms with Gasteiger partial charge in [0.05, 0.1) is 0 Å². The van der Waals surface area contributed by atoms with Crippen molar-refractivity contribution in [3.8, 4) is 0 Å². The monoisotopic (exact) mass is 407 g/mol. The molecule has 148 valence electrons. The summed E-state index contributed by atoms with van der Waals surface area (Å²) in [5, 5.41) is 3.47. The van der Waals surface area contributed by atoms with Gasteiger partial charge in [-0.25, -0.2) is 5.43 Å². The van der Waals surface area contributed by atoms with E-state index in [1.54, 1.807) is 24.3 Å². The molecule has 0 heterocycles. The van der Waals surface area contributed by atoms with Gasteiger partial charge in [0.1, 0.15) is 6.04 Å². The Bertz CT molecular complexity index is 984. The Morgan fingerprint density at radius 1 is 0.862 bits per heavy atom. The van der Waals surface area contributed by atoms with Gasteiger partial charge in [-0.3, -0.25) is 15.0 Å². The summed E-state index contributed by atoms with van der Waals surface area (Å²) in [7, 11) is 0. The second-order valence-corrected chi connectivity index (χ2v) is 7.25. The third kappa shape index (κ3) is 5.67. The number of anilines is 1. The Labute approximate surface area is 175 Å². The number of nitrogens with one attached hydrogen (secondary N) is 3. The van der Waals surface area contributed by atoms with E-state index < -0.39 is 6.04 Å². The Morgan fingerprint density at radius 2 is 1.48 bits per heavy atom. The highest BCUT2D eigenvalue weighted by Crippen LogP contribution is 2.18. The Hall–Kier alpha value is -3.15. The fourth-order valence-corrected chi connectivity index (χ4v) is 3.14. The normalized spacial score (nSPS) is 11.6. The molecule has 0 aromatic heterocycles. The molecule has 0 fully saturated rings. The van der Waals surface area contributed by atoms with Crippen molar-refractivity contribution in [3.63, 3.8) is 0 Å². The quantitative estimate of drug-likeness (QED) is 0.524. The van der Waals surface area contributed by atoms with Gasteiger partial charge in [-0.1, -0.05) is 48.0 Å². The van der Waals surface area contributed by atoms with Gasteiger partial charge in [0.2, 0.25) is 5.91 Å². The van der Waals surface area contributed by atoms with E-state index in [1.807, 2.05) is 62.4 Å². The average molecular weight is 408 g/mol. The summed E-state index contributed by atoms with van der Waals surface area (Å²) in [5.74, 6) is -0.639. The molecule has 0 aliphatic carbocycles. The highest BCUT2D eigenvalue weighted by atomic mass is 35.5. The van der Waals surface area contributed by atoms with Crippen LogP contribution in [0, 0.1) is 13.8 Å². The smallest absolute Gasteiger partial charge is 0.265 e. The summed E-state index contributed by atoms with van der Waals surface area (Å²) in [6.45, 7) is 3.95. The zero-order valence-electron chi connectivity index (χ0n) is 16.2. The molecule has 0 bridgehead atoms. The molecule has 1 unspecified atom stereocenters. The number of hydrogen-bond donors (Lipinski definition) is 3. The Morgan fingerprint density at radius 3 is 2.10 bits per heavy atom. The second kappa shape index (κ2) is 9.37. The molecule has 3 aromatic carbocycles. The molecule has 3 aromatic rings. The fourth-order valence-electron chi connectivity index (χ4n) is 3.02. The third-order valence-corrected chi connectivity index (χ3v) is 4.57. The molecule has 0 radical (unpaired) electrons. The first-order chi connectivity index (χ1) is 13.9. The molecule has 29 heavy (non-hydrogen) atoms. The first-order valence-electron chi connectivity index (χ1n) is 9.18. The summed E-state index contributed by atoms with van der Waals surface area (Å²) in [4.78, 5) is 25.4. The topological polar surface area (TPSA) is 70.2 Å². The van der Waals surface area contributed by atoms with Crippen LogP contribution in [-0.4, -0.2) is 11.8 Å². The molecule has 3 N–H and O–H groups in total. The molecule has 0 spiro atoms. The molecule has 0 saturated heterocycles. The van der Waals surface area contributed by atoms with Crippen LogP contribution in [0.25, 0.3) is 0 Å². The van der Waals surface area contributed by atoms with E-state index in [0.717, 1.165) is 16.7 Å². The predicted octanol–water partition coefficient (Wildman–Crippen LogP) is 4.57. The van der Waals surface area contributed by atoms with Crippen molar-refractivity contribution in [1.29, 1.82) is 0 Å². The van der Waals surface area contributed by atoms with Crippen LogP contribution in [0.15, 0.2) is 72.8 Å². The van der Waals surface area contributed by atoms with Crippen LogP contribution in [0.1, 0.15) is 33.1 Å². The Kier molecular flexibility index (Phi) is 6.65. The van der Waals surface area contributed by atoms with Crippen LogP contribution in [0.5, 0.6) is 0 Å². The molecule has 6 heteroatoms. The lowest BCUT2D eigenvalue weighted by atomic mass is 10.1. The highest BCUT2D eigenvalue weighted by Gasteiger charge is 2.21. The van der Waals surface area contributed by atoms with Crippen LogP contribution >= 0.6 is 11.6 Å². The van der Waals surface area contributed by atoms with Crippen molar-refractivity contribution in [1.82, 2.24) is 10.9 Å². The summed E-state index contributed by atoms with van der Waals surface area (Å²) < 4.78 is 0. The van der Waals surface area contributed by atoms with Gasteiger partial charge >= 0.3 is 0 Å². The van der Waals surface area contributed by atoms with E-state index in [0.29, 0.717) is 16.3 Å². The predicted molar refractivity (Wildman–Crippen MR) is 116 cm³/mol. The standard InChI is InChI=1S/C23H22ClN3O2/c1-15-12-16(2)14-20(13-15)25-23(29)21(17-6-4-3-5-7-17)26-27-22(28)18-8-10-19(24)11-9-18/h3-14,21,26H,1-2H3,(H,25,29)(H,27,28). The summed E-state index contributed by atoms with van der Waals surface area (Å²) >= 11 is 5.86. The molecule has 5 nitrogen and oxygen atoms in total.